The molecule has 1 fully saturated rings. The van der Waals surface area contributed by atoms with Gasteiger partial charge in [-0.25, -0.2) is 0 Å². The molecular weight excluding hydrogens is 168 g/mol. The van der Waals surface area contributed by atoms with Gasteiger partial charge >= 0.3 is 0 Å². The molecule has 1 rings (SSSR count). The van der Waals surface area contributed by atoms with Crippen LogP contribution >= 0.6 is 0 Å². The van der Waals surface area contributed by atoms with Gasteiger partial charge in [-0.1, -0.05) is 32.6 Å². The van der Waals surface area contributed by atoms with E-state index in [9.17, 15) is 0 Å². The second-order valence-corrected chi connectivity index (χ2v) is 6.70. The van der Waals surface area contributed by atoms with Crippen LogP contribution < -0.4 is 0 Å². The highest BCUT2D eigenvalue weighted by atomic mass is 14.4. The molecule has 1 unspecified atom stereocenters. The van der Waals surface area contributed by atoms with E-state index < -0.39 is 0 Å². The molecule has 0 saturated heterocycles. The maximum absolute atomic E-state index is 3.51. The van der Waals surface area contributed by atoms with Crippen molar-refractivity contribution in [2.24, 2.45) is 22.7 Å². The molecule has 0 heteroatoms. The summed E-state index contributed by atoms with van der Waals surface area (Å²) in [7, 11) is 0. The maximum Gasteiger partial charge on any atom is 0.0279 e. The first kappa shape index (κ1) is 11.6. The zero-order valence-electron chi connectivity index (χ0n) is 10.6. The quantitative estimate of drug-likeness (QED) is 0.548. The van der Waals surface area contributed by atoms with E-state index in [1.165, 1.54) is 12.8 Å². The minimum Gasteiger partial charge on any atom is -0.0985 e. The van der Waals surface area contributed by atoms with Gasteiger partial charge in [-0.2, -0.15) is 0 Å². The second kappa shape index (κ2) is 3.61. The molecule has 1 atom stereocenters. The topological polar surface area (TPSA) is 0 Å². The molecule has 14 heavy (non-hydrogen) atoms. The van der Waals surface area contributed by atoms with Gasteiger partial charge in [0.2, 0.25) is 0 Å². The Bertz CT molecular complexity index is 244. The van der Waals surface area contributed by atoms with E-state index in [0.717, 1.165) is 5.92 Å². The maximum atomic E-state index is 3.51. The van der Waals surface area contributed by atoms with E-state index in [2.05, 4.69) is 53.4 Å². The van der Waals surface area contributed by atoms with Crippen LogP contribution in [-0.4, -0.2) is 0 Å². The van der Waals surface area contributed by atoms with Crippen LogP contribution in [0.1, 0.15) is 54.4 Å². The lowest BCUT2D eigenvalue weighted by molar-refractivity contribution is 0.273. The highest BCUT2D eigenvalue weighted by Gasteiger charge is 2.37. The molecule has 0 bridgehead atoms. The molecule has 0 heterocycles. The Labute approximate surface area is 89.5 Å². The molecule has 1 saturated carbocycles. The van der Waals surface area contributed by atoms with Crippen molar-refractivity contribution in [1.82, 2.24) is 0 Å². The lowest BCUT2D eigenvalue weighted by Gasteiger charge is -2.26. The summed E-state index contributed by atoms with van der Waals surface area (Å²) in [6.07, 6.45) is 2.78. The Morgan fingerprint density at radius 3 is 1.79 bits per heavy atom. The predicted molar refractivity (Wildman–Crippen MR) is 62.9 cm³/mol. The van der Waals surface area contributed by atoms with E-state index in [1.807, 2.05) is 0 Å². The molecule has 0 aromatic heterocycles. The van der Waals surface area contributed by atoms with Gasteiger partial charge < -0.3 is 0 Å². The third-order valence-corrected chi connectivity index (χ3v) is 2.63. The van der Waals surface area contributed by atoms with Gasteiger partial charge in [-0.05, 0) is 44.9 Å². The fourth-order valence-electron chi connectivity index (χ4n) is 1.77. The van der Waals surface area contributed by atoms with Gasteiger partial charge in [-0.15, -0.1) is 0 Å². The first-order valence-electron chi connectivity index (χ1n) is 5.73. The summed E-state index contributed by atoms with van der Waals surface area (Å²) in [5.74, 6) is 8.39. The molecule has 1 aliphatic carbocycles. The molecular formula is C14H24. The molecule has 1 aliphatic rings. The first-order chi connectivity index (χ1) is 6.20. The smallest absolute Gasteiger partial charge is 0.0279 e. The monoisotopic (exact) mass is 192 g/mol. The largest absolute Gasteiger partial charge is 0.0985 e. The van der Waals surface area contributed by atoms with Crippen LogP contribution in [0.3, 0.4) is 0 Å². The summed E-state index contributed by atoms with van der Waals surface area (Å²) in [6.45, 7) is 13.5. The fourth-order valence-corrected chi connectivity index (χ4v) is 1.77. The van der Waals surface area contributed by atoms with Crippen LogP contribution in [0.5, 0.6) is 0 Å². The van der Waals surface area contributed by atoms with Crippen molar-refractivity contribution in [1.29, 1.82) is 0 Å². The van der Waals surface area contributed by atoms with Crippen molar-refractivity contribution in [3.8, 4) is 11.8 Å². The molecule has 0 nitrogen and oxygen atoms in total. The zero-order chi connectivity index (χ0) is 11.0. The molecule has 0 radical (unpaired) electrons. The summed E-state index contributed by atoms with van der Waals surface area (Å²) < 4.78 is 0. The third-order valence-electron chi connectivity index (χ3n) is 2.63. The van der Waals surface area contributed by atoms with Crippen molar-refractivity contribution < 1.29 is 0 Å². The summed E-state index contributed by atoms with van der Waals surface area (Å²) in [5.41, 5.74) is 0.498. The summed E-state index contributed by atoms with van der Waals surface area (Å²) in [4.78, 5) is 0. The summed E-state index contributed by atoms with van der Waals surface area (Å²) in [5, 5.41) is 0. The van der Waals surface area contributed by atoms with Gasteiger partial charge in [0.15, 0.2) is 0 Å². The van der Waals surface area contributed by atoms with Crippen LogP contribution in [0.25, 0.3) is 0 Å². The van der Waals surface area contributed by atoms with E-state index in [0.29, 0.717) is 11.3 Å². The lowest BCUT2D eigenvalue weighted by atomic mass is 9.77. The van der Waals surface area contributed by atoms with Crippen LogP contribution in [0, 0.1) is 34.5 Å². The van der Waals surface area contributed by atoms with Crippen LogP contribution in [-0.2, 0) is 0 Å². The van der Waals surface area contributed by atoms with Gasteiger partial charge in [0, 0.05) is 11.3 Å². The van der Waals surface area contributed by atoms with Gasteiger partial charge in [0.05, 0.1) is 0 Å². The molecule has 0 N–H and O–H groups in total. The van der Waals surface area contributed by atoms with Gasteiger partial charge in [-0.3, -0.25) is 0 Å². The van der Waals surface area contributed by atoms with E-state index >= 15 is 0 Å². The molecule has 0 spiro atoms. The standard InChI is InChI=1S/C14H24/c1-13(2,3)10-9-12(11-7-8-11)14(4,5)6/h11-12H,7-8H2,1-6H3. The van der Waals surface area contributed by atoms with Crippen molar-refractivity contribution in [2.45, 2.75) is 54.4 Å². The SMILES string of the molecule is CC(C)(C)C#CC(C1CC1)C(C)(C)C. The molecule has 0 aromatic carbocycles. The van der Waals surface area contributed by atoms with Crippen molar-refractivity contribution in [3.63, 3.8) is 0 Å². The minimum atomic E-state index is 0.151. The van der Waals surface area contributed by atoms with Crippen molar-refractivity contribution in [2.75, 3.05) is 0 Å². The molecule has 0 amide bonds. The van der Waals surface area contributed by atoms with E-state index in [1.54, 1.807) is 0 Å². The van der Waals surface area contributed by atoms with E-state index in [-0.39, 0.29) is 5.41 Å². The average molecular weight is 192 g/mol. The van der Waals surface area contributed by atoms with Crippen molar-refractivity contribution >= 4 is 0 Å². The molecule has 80 valence electrons. The lowest BCUT2D eigenvalue weighted by Crippen LogP contribution is -2.21. The molecule has 0 aromatic rings. The Balaban J connectivity index is 2.73. The zero-order valence-corrected chi connectivity index (χ0v) is 10.6. The fraction of sp³-hybridized carbons (Fsp3) is 0.857. The first-order valence-corrected chi connectivity index (χ1v) is 5.73. The molecule has 0 aliphatic heterocycles. The summed E-state index contributed by atoms with van der Waals surface area (Å²) in [6, 6.07) is 0. The normalized spacial score (nSPS) is 19.9. The Kier molecular flexibility index (Phi) is 3.00. The minimum absolute atomic E-state index is 0.151. The van der Waals surface area contributed by atoms with Gasteiger partial charge in [0.1, 0.15) is 0 Å². The van der Waals surface area contributed by atoms with Crippen LogP contribution in [0.4, 0.5) is 0 Å². The Hall–Kier alpha value is -0.440. The predicted octanol–water partition coefficient (Wildman–Crippen LogP) is 4.11. The van der Waals surface area contributed by atoms with E-state index in [4.69, 9.17) is 0 Å². The number of hydrogen-bond acceptors (Lipinski definition) is 0. The average Bonchev–Trinajstić information content (AvgIpc) is 2.64. The van der Waals surface area contributed by atoms with Crippen molar-refractivity contribution in [3.05, 3.63) is 0 Å². The second-order valence-electron chi connectivity index (χ2n) is 6.70. The van der Waals surface area contributed by atoms with Crippen LogP contribution in [0.15, 0.2) is 0 Å². The third kappa shape index (κ3) is 3.74. The van der Waals surface area contributed by atoms with Gasteiger partial charge in [0.25, 0.3) is 0 Å². The highest BCUT2D eigenvalue weighted by molar-refractivity contribution is 5.15. The number of hydrogen-bond donors (Lipinski definition) is 0. The van der Waals surface area contributed by atoms with Crippen LogP contribution in [0.2, 0.25) is 0 Å². The Morgan fingerprint density at radius 2 is 1.50 bits per heavy atom. The highest BCUT2D eigenvalue weighted by Crippen LogP contribution is 2.45. The summed E-state index contributed by atoms with van der Waals surface area (Å²) >= 11 is 0. The number of rotatable bonds is 1. The Morgan fingerprint density at radius 1 is 1.00 bits per heavy atom.